The third kappa shape index (κ3) is 6.44. The number of halogens is 3. The molecule has 178 valence electrons. The van der Waals surface area contributed by atoms with Gasteiger partial charge in [0.25, 0.3) is 0 Å². The summed E-state index contributed by atoms with van der Waals surface area (Å²) in [6, 6.07) is 15.5. The largest absolute Gasteiger partial charge is 3.00 e. The summed E-state index contributed by atoms with van der Waals surface area (Å²) in [5.41, 5.74) is 8.66. The Morgan fingerprint density at radius 3 is 1.21 bits per heavy atom. The molecule has 2 heterocycles. The number of nitrogens with zero attached hydrogens (tertiary/aromatic N) is 2. The van der Waals surface area contributed by atoms with Gasteiger partial charge in [-0.05, 0) is 74.2 Å². The molecule has 0 saturated carbocycles. The average Bonchev–Trinajstić information content (AvgIpc) is 2.73. The molecule has 0 unspecified atom stereocenters. The Kier molecular flexibility index (Phi) is 12.1. The summed E-state index contributed by atoms with van der Waals surface area (Å²) < 4.78 is 0. The number of hydrogen-bond donors (Lipinski definition) is 2. The molecule has 0 atom stereocenters. The average molecular weight is 558 g/mol. The molecular weight excluding hydrogens is 534 g/mol. The first-order chi connectivity index (χ1) is 14.3. The summed E-state index contributed by atoms with van der Waals surface area (Å²) in [6.45, 7) is 7.81. The Hall–Kier alpha value is -2.27. The van der Waals surface area contributed by atoms with E-state index in [1.165, 1.54) is 0 Å². The molecule has 0 aliphatic rings. The van der Waals surface area contributed by atoms with Gasteiger partial charge in [0.05, 0.1) is 11.4 Å². The zero-order valence-electron chi connectivity index (χ0n) is 19.1. The van der Waals surface area contributed by atoms with E-state index in [1.54, 1.807) is 12.4 Å². The fourth-order valence-electron chi connectivity index (χ4n) is 3.77. The minimum absolute atomic E-state index is 0. The third-order valence-corrected chi connectivity index (χ3v) is 5.30. The molecule has 0 aliphatic heterocycles. The minimum atomic E-state index is 0. The molecule has 0 radical (unpaired) electrons. The predicted octanol–water partition coefficient (Wildman–Crippen LogP) is -2.87. The molecule has 2 aromatic carbocycles. The van der Waals surface area contributed by atoms with E-state index < -0.39 is 0 Å². The summed E-state index contributed by atoms with van der Waals surface area (Å²) in [5, 5.41) is 20.8. The fourth-order valence-corrected chi connectivity index (χ4v) is 3.77. The van der Waals surface area contributed by atoms with E-state index in [9.17, 15) is 10.2 Å². The van der Waals surface area contributed by atoms with Gasteiger partial charge in [-0.15, -0.1) is 0 Å². The van der Waals surface area contributed by atoms with Gasteiger partial charge in [0.15, 0.2) is 0 Å². The molecule has 34 heavy (non-hydrogen) atoms. The zero-order chi connectivity index (χ0) is 21.4. The van der Waals surface area contributed by atoms with Crippen LogP contribution in [0.5, 0.6) is 11.5 Å². The van der Waals surface area contributed by atoms with Crippen LogP contribution in [0, 0.1) is 27.7 Å². The maximum atomic E-state index is 10.4. The maximum Gasteiger partial charge on any atom is 3.00 e. The Labute approximate surface area is 229 Å². The Morgan fingerprint density at radius 1 is 0.559 bits per heavy atom. The topological polar surface area (TPSA) is 66.2 Å². The number of aromatic hydroxyl groups is 2. The van der Waals surface area contributed by atoms with Crippen molar-refractivity contribution in [2.45, 2.75) is 27.7 Å². The van der Waals surface area contributed by atoms with Gasteiger partial charge in [0.1, 0.15) is 11.5 Å². The van der Waals surface area contributed by atoms with Crippen molar-refractivity contribution in [1.29, 1.82) is 0 Å². The molecule has 2 N–H and O–H groups in total. The van der Waals surface area contributed by atoms with Gasteiger partial charge in [0, 0.05) is 34.6 Å². The van der Waals surface area contributed by atoms with Gasteiger partial charge in [-0.1, -0.05) is 24.3 Å². The number of phenols is 2. The second kappa shape index (κ2) is 13.0. The molecule has 2 aromatic heterocycles. The second-order valence-electron chi connectivity index (χ2n) is 7.82. The van der Waals surface area contributed by atoms with E-state index in [2.05, 4.69) is 9.97 Å². The molecule has 0 bridgehead atoms. The minimum Gasteiger partial charge on any atom is -1.00 e. The Bertz CT molecular complexity index is 1150. The number of benzene rings is 2. The third-order valence-electron chi connectivity index (χ3n) is 5.30. The van der Waals surface area contributed by atoms with Gasteiger partial charge in [-0.2, -0.15) is 0 Å². The van der Waals surface area contributed by atoms with Crippen molar-refractivity contribution >= 4 is 0 Å². The molecular formula is C26H24Cl3MnN2O2. The predicted molar refractivity (Wildman–Crippen MR) is 121 cm³/mol. The molecule has 0 amide bonds. The molecule has 8 heteroatoms. The van der Waals surface area contributed by atoms with Crippen molar-refractivity contribution in [3.63, 3.8) is 0 Å². The molecule has 4 aromatic rings. The first-order valence-electron chi connectivity index (χ1n) is 9.87. The van der Waals surface area contributed by atoms with E-state index in [0.29, 0.717) is 0 Å². The van der Waals surface area contributed by atoms with Crippen molar-refractivity contribution in [2.24, 2.45) is 0 Å². The van der Waals surface area contributed by atoms with Crippen molar-refractivity contribution in [1.82, 2.24) is 9.97 Å². The van der Waals surface area contributed by atoms with E-state index in [4.69, 9.17) is 0 Å². The van der Waals surface area contributed by atoms with Gasteiger partial charge in [0.2, 0.25) is 0 Å². The van der Waals surface area contributed by atoms with Crippen LogP contribution in [0.4, 0.5) is 0 Å². The summed E-state index contributed by atoms with van der Waals surface area (Å²) >= 11 is 0. The van der Waals surface area contributed by atoms with E-state index in [0.717, 1.165) is 55.9 Å². The number of aromatic nitrogens is 2. The van der Waals surface area contributed by atoms with Gasteiger partial charge in [-0.25, -0.2) is 0 Å². The SMILES string of the molecule is Cc1cc(C)c(O)c(-c2ccc(-c3ccc(-c4cc(C)cc(C)c4O)cn3)nc2)c1.[Cl-].[Cl-].[Cl-].[Mn+3]. The maximum absolute atomic E-state index is 10.4. The number of aryl methyl sites for hydroxylation is 4. The van der Waals surface area contributed by atoms with E-state index in [1.807, 2.05) is 76.2 Å². The van der Waals surface area contributed by atoms with Crippen LogP contribution in [0.3, 0.4) is 0 Å². The number of pyridine rings is 2. The van der Waals surface area contributed by atoms with Crippen LogP contribution >= 0.6 is 0 Å². The molecule has 0 fully saturated rings. The first kappa shape index (κ1) is 31.7. The number of hydrogen-bond acceptors (Lipinski definition) is 4. The van der Waals surface area contributed by atoms with Crippen LogP contribution in [-0.2, 0) is 17.1 Å². The standard InChI is InChI=1S/C26H24N2O2.3ClH.Mn/c1-15-9-17(3)25(29)21(11-15)19-5-7-23(27-13-19)24-8-6-20(14-28-24)22-12-16(2)10-18(4)26(22)30;;;;/h5-14,29-30H,1-4H3;3*1H;/q;;;;+3/p-3. The second-order valence-corrected chi connectivity index (χ2v) is 7.82. The molecule has 0 aliphatic carbocycles. The molecule has 0 saturated heterocycles. The summed E-state index contributed by atoms with van der Waals surface area (Å²) in [4.78, 5) is 9.10. The van der Waals surface area contributed by atoms with Crippen LogP contribution in [0.1, 0.15) is 22.3 Å². The fraction of sp³-hybridized carbons (Fsp3) is 0.154. The normalized spacial score (nSPS) is 9.65. The summed E-state index contributed by atoms with van der Waals surface area (Å²) in [5.74, 6) is 0.566. The Balaban J connectivity index is 0.00000272. The molecule has 0 spiro atoms. The van der Waals surface area contributed by atoms with Crippen molar-refractivity contribution in [3.05, 3.63) is 83.2 Å². The van der Waals surface area contributed by atoms with Gasteiger partial charge >= 0.3 is 17.1 Å². The smallest absolute Gasteiger partial charge is 1.00 e. The van der Waals surface area contributed by atoms with Crippen LogP contribution < -0.4 is 37.2 Å². The van der Waals surface area contributed by atoms with Gasteiger partial charge < -0.3 is 47.4 Å². The quantitative estimate of drug-likeness (QED) is 0.266. The summed E-state index contributed by atoms with van der Waals surface area (Å²) in [6.07, 6.45) is 3.52. The molecule has 4 nitrogen and oxygen atoms in total. The molecule has 4 rings (SSSR count). The first-order valence-corrected chi connectivity index (χ1v) is 9.87. The van der Waals surface area contributed by atoms with Gasteiger partial charge in [-0.3, -0.25) is 9.97 Å². The summed E-state index contributed by atoms with van der Waals surface area (Å²) in [7, 11) is 0. The van der Waals surface area contributed by atoms with Crippen molar-refractivity contribution in [2.75, 3.05) is 0 Å². The number of rotatable bonds is 3. The number of phenolic OH excluding ortho intramolecular Hbond substituents is 2. The van der Waals surface area contributed by atoms with Crippen LogP contribution in [0.15, 0.2) is 60.9 Å². The van der Waals surface area contributed by atoms with Crippen molar-refractivity contribution in [3.8, 4) is 45.1 Å². The van der Waals surface area contributed by atoms with E-state index in [-0.39, 0.29) is 65.8 Å². The Morgan fingerprint density at radius 2 is 0.912 bits per heavy atom. The van der Waals surface area contributed by atoms with Crippen LogP contribution in [0.25, 0.3) is 33.6 Å². The monoisotopic (exact) mass is 556 g/mol. The zero-order valence-corrected chi connectivity index (χ0v) is 22.5. The van der Waals surface area contributed by atoms with Crippen LogP contribution in [0.2, 0.25) is 0 Å². The van der Waals surface area contributed by atoms with E-state index >= 15 is 0 Å². The van der Waals surface area contributed by atoms with Crippen molar-refractivity contribution < 1.29 is 64.5 Å². The van der Waals surface area contributed by atoms with Crippen LogP contribution in [-0.4, -0.2) is 20.2 Å².